The molecule has 0 aromatic heterocycles. The van der Waals surface area contributed by atoms with Gasteiger partial charge in [0.25, 0.3) is 0 Å². The molecule has 3 nitrogen and oxygen atoms in total. The summed E-state index contributed by atoms with van der Waals surface area (Å²) in [6.07, 6.45) is 2.32. The minimum atomic E-state index is 0.490. The van der Waals surface area contributed by atoms with Crippen LogP contribution in [0.15, 0.2) is 24.3 Å². The van der Waals surface area contributed by atoms with E-state index in [-0.39, 0.29) is 0 Å². The van der Waals surface area contributed by atoms with E-state index in [1.54, 1.807) is 0 Å². The van der Waals surface area contributed by atoms with E-state index < -0.39 is 0 Å². The second-order valence-corrected chi connectivity index (χ2v) is 5.97. The molecule has 2 rings (SSSR count). The molecule has 1 aliphatic rings. The van der Waals surface area contributed by atoms with Crippen LogP contribution in [0.4, 0.5) is 5.69 Å². The Morgan fingerprint density at radius 3 is 2.85 bits per heavy atom. The predicted molar refractivity (Wildman–Crippen MR) is 85.3 cm³/mol. The van der Waals surface area contributed by atoms with Gasteiger partial charge >= 0.3 is 0 Å². The van der Waals surface area contributed by atoms with Crippen LogP contribution in [0.2, 0.25) is 0 Å². The molecule has 1 aliphatic heterocycles. The molecule has 1 atom stereocenters. The standard InChI is InChI=1S/C17H28N2O/c1-14(2)9-12-20-13-11-19-10-8-16(18-3)15-6-4-5-7-17(15)19/h4-7,14,16,18H,8-13H2,1-3H3. The maximum atomic E-state index is 5.76. The van der Waals surface area contributed by atoms with Crippen molar-refractivity contribution in [3.05, 3.63) is 29.8 Å². The molecule has 20 heavy (non-hydrogen) atoms. The first-order valence-electron chi connectivity index (χ1n) is 7.81. The minimum absolute atomic E-state index is 0.490. The smallest absolute Gasteiger partial charge is 0.0641 e. The van der Waals surface area contributed by atoms with Crippen LogP contribution in [-0.4, -0.2) is 33.4 Å². The average Bonchev–Trinajstić information content (AvgIpc) is 2.46. The second kappa shape index (κ2) is 7.65. The second-order valence-electron chi connectivity index (χ2n) is 5.97. The van der Waals surface area contributed by atoms with E-state index >= 15 is 0 Å². The lowest BCUT2D eigenvalue weighted by Crippen LogP contribution is -2.36. The average molecular weight is 276 g/mol. The summed E-state index contributed by atoms with van der Waals surface area (Å²) in [6.45, 7) is 8.28. The fourth-order valence-corrected chi connectivity index (χ4v) is 2.76. The maximum absolute atomic E-state index is 5.76. The van der Waals surface area contributed by atoms with E-state index in [0.717, 1.165) is 38.6 Å². The van der Waals surface area contributed by atoms with Gasteiger partial charge in [-0.15, -0.1) is 0 Å². The minimum Gasteiger partial charge on any atom is -0.380 e. The van der Waals surface area contributed by atoms with Gasteiger partial charge in [-0.3, -0.25) is 0 Å². The summed E-state index contributed by atoms with van der Waals surface area (Å²) in [6, 6.07) is 9.22. The Morgan fingerprint density at radius 2 is 2.10 bits per heavy atom. The number of benzene rings is 1. The van der Waals surface area contributed by atoms with Crippen LogP contribution in [0.5, 0.6) is 0 Å². The van der Waals surface area contributed by atoms with Crippen molar-refractivity contribution in [2.45, 2.75) is 32.7 Å². The van der Waals surface area contributed by atoms with Gasteiger partial charge in [0.05, 0.1) is 6.61 Å². The fraction of sp³-hybridized carbons (Fsp3) is 0.647. The van der Waals surface area contributed by atoms with Crippen molar-refractivity contribution in [2.24, 2.45) is 5.92 Å². The van der Waals surface area contributed by atoms with Gasteiger partial charge in [-0.25, -0.2) is 0 Å². The maximum Gasteiger partial charge on any atom is 0.0641 e. The van der Waals surface area contributed by atoms with Crippen molar-refractivity contribution in [1.82, 2.24) is 5.32 Å². The first kappa shape index (κ1) is 15.3. The lowest BCUT2D eigenvalue weighted by Gasteiger charge is -2.35. The van der Waals surface area contributed by atoms with Gasteiger partial charge in [0.2, 0.25) is 0 Å². The summed E-state index contributed by atoms with van der Waals surface area (Å²) in [5.41, 5.74) is 2.79. The van der Waals surface area contributed by atoms with Crippen molar-refractivity contribution in [2.75, 3.05) is 38.3 Å². The molecule has 1 unspecified atom stereocenters. The number of hydrogen-bond acceptors (Lipinski definition) is 3. The molecule has 0 spiro atoms. The zero-order chi connectivity index (χ0) is 14.4. The highest BCUT2D eigenvalue weighted by molar-refractivity contribution is 5.56. The van der Waals surface area contributed by atoms with Gasteiger partial charge < -0.3 is 15.0 Å². The Bertz CT molecular complexity index is 406. The van der Waals surface area contributed by atoms with Crippen molar-refractivity contribution >= 4 is 5.69 Å². The number of rotatable bonds is 7. The molecule has 0 radical (unpaired) electrons. The summed E-state index contributed by atoms with van der Waals surface area (Å²) in [4.78, 5) is 2.46. The topological polar surface area (TPSA) is 24.5 Å². The highest BCUT2D eigenvalue weighted by Gasteiger charge is 2.23. The molecule has 3 heteroatoms. The monoisotopic (exact) mass is 276 g/mol. The summed E-state index contributed by atoms with van der Waals surface area (Å²) >= 11 is 0. The first-order valence-corrected chi connectivity index (χ1v) is 7.81. The fourth-order valence-electron chi connectivity index (χ4n) is 2.76. The lowest BCUT2D eigenvalue weighted by molar-refractivity contribution is 0.129. The number of fused-ring (bicyclic) bond motifs is 1. The van der Waals surface area contributed by atoms with E-state index in [1.807, 2.05) is 7.05 Å². The Labute approximate surface area is 123 Å². The normalized spacial score (nSPS) is 18.4. The van der Waals surface area contributed by atoms with Gasteiger partial charge in [0, 0.05) is 31.4 Å². The Hall–Kier alpha value is -1.06. The van der Waals surface area contributed by atoms with Crippen LogP contribution in [0.3, 0.4) is 0 Å². The quantitative estimate of drug-likeness (QED) is 0.774. The van der Waals surface area contributed by atoms with Gasteiger partial charge in [-0.1, -0.05) is 32.0 Å². The van der Waals surface area contributed by atoms with E-state index in [2.05, 4.69) is 48.3 Å². The third kappa shape index (κ3) is 3.97. The van der Waals surface area contributed by atoms with Crippen molar-refractivity contribution in [3.8, 4) is 0 Å². The summed E-state index contributed by atoms with van der Waals surface area (Å²) in [5, 5.41) is 3.41. The molecule has 1 aromatic carbocycles. The highest BCUT2D eigenvalue weighted by Crippen LogP contribution is 2.32. The van der Waals surface area contributed by atoms with Gasteiger partial charge in [-0.05, 0) is 37.4 Å². The molecular formula is C17H28N2O. The summed E-state index contributed by atoms with van der Waals surface area (Å²) in [7, 11) is 2.05. The van der Waals surface area contributed by atoms with Crippen molar-refractivity contribution < 1.29 is 4.74 Å². The molecule has 0 saturated heterocycles. The third-order valence-corrected chi connectivity index (χ3v) is 4.03. The molecule has 0 aliphatic carbocycles. The summed E-state index contributed by atoms with van der Waals surface area (Å²) < 4.78 is 5.76. The zero-order valence-corrected chi connectivity index (χ0v) is 13.1. The van der Waals surface area contributed by atoms with Crippen LogP contribution >= 0.6 is 0 Å². The van der Waals surface area contributed by atoms with Crippen LogP contribution in [0.25, 0.3) is 0 Å². The number of anilines is 1. The highest BCUT2D eigenvalue weighted by atomic mass is 16.5. The van der Waals surface area contributed by atoms with E-state index in [4.69, 9.17) is 4.74 Å². The van der Waals surface area contributed by atoms with E-state index in [1.165, 1.54) is 17.7 Å². The molecule has 0 saturated carbocycles. The predicted octanol–water partition coefficient (Wildman–Crippen LogP) is 3.22. The van der Waals surface area contributed by atoms with Gasteiger partial charge in [0.15, 0.2) is 0 Å². The molecule has 112 valence electrons. The third-order valence-electron chi connectivity index (χ3n) is 4.03. The van der Waals surface area contributed by atoms with Crippen LogP contribution in [0.1, 0.15) is 38.3 Å². The molecule has 0 amide bonds. The number of nitrogens with zero attached hydrogens (tertiary/aromatic N) is 1. The molecule has 1 heterocycles. The molecule has 0 bridgehead atoms. The number of nitrogens with one attached hydrogen (secondary N) is 1. The number of ether oxygens (including phenoxy) is 1. The first-order chi connectivity index (χ1) is 9.72. The lowest BCUT2D eigenvalue weighted by atomic mass is 9.96. The van der Waals surface area contributed by atoms with Crippen LogP contribution in [-0.2, 0) is 4.74 Å². The number of hydrogen-bond donors (Lipinski definition) is 1. The zero-order valence-electron chi connectivity index (χ0n) is 13.1. The number of para-hydroxylation sites is 1. The van der Waals surface area contributed by atoms with Crippen molar-refractivity contribution in [3.63, 3.8) is 0 Å². The molecule has 1 N–H and O–H groups in total. The van der Waals surface area contributed by atoms with E-state index in [9.17, 15) is 0 Å². The van der Waals surface area contributed by atoms with Crippen LogP contribution < -0.4 is 10.2 Å². The van der Waals surface area contributed by atoms with E-state index in [0.29, 0.717) is 6.04 Å². The molecular weight excluding hydrogens is 248 g/mol. The van der Waals surface area contributed by atoms with Crippen LogP contribution in [0, 0.1) is 5.92 Å². The molecule has 0 fully saturated rings. The summed E-state index contributed by atoms with van der Waals surface area (Å²) in [5.74, 6) is 0.724. The van der Waals surface area contributed by atoms with Crippen molar-refractivity contribution in [1.29, 1.82) is 0 Å². The molecule has 1 aromatic rings. The van der Waals surface area contributed by atoms with Gasteiger partial charge in [-0.2, -0.15) is 0 Å². The van der Waals surface area contributed by atoms with Gasteiger partial charge in [0.1, 0.15) is 0 Å². The Kier molecular flexibility index (Phi) is 5.86. The Morgan fingerprint density at radius 1 is 1.30 bits per heavy atom. The SMILES string of the molecule is CNC1CCN(CCOCCC(C)C)c2ccccc21. The Balaban J connectivity index is 1.87. The largest absolute Gasteiger partial charge is 0.380 e.